The van der Waals surface area contributed by atoms with Crippen LogP contribution in [0.25, 0.3) is 11.0 Å². The molecule has 2 aromatic carbocycles. The molecular weight excluding hydrogens is 262 g/mol. The van der Waals surface area contributed by atoms with Gasteiger partial charge in [0, 0.05) is 5.69 Å². The lowest BCUT2D eigenvalue weighted by Gasteiger charge is -2.10. The zero-order valence-corrected chi connectivity index (χ0v) is 12.5. The summed E-state index contributed by atoms with van der Waals surface area (Å²) in [5.74, 6) is 1.61. The fraction of sp³-hybridized carbons (Fsp3) is 0.235. The highest BCUT2D eigenvalue weighted by atomic mass is 16.5. The summed E-state index contributed by atoms with van der Waals surface area (Å²) in [7, 11) is 0. The number of anilines is 2. The second kappa shape index (κ2) is 5.48. The van der Waals surface area contributed by atoms with E-state index in [2.05, 4.69) is 34.3 Å². The predicted octanol–water partition coefficient (Wildman–Crippen LogP) is 4.40. The highest BCUT2D eigenvalue weighted by Crippen LogP contribution is 2.21. The van der Waals surface area contributed by atoms with Crippen LogP contribution in [0.1, 0.15) is 19.4 Å². The van der Waals surface area contributed by atoms with Crippen molar-refractivity contribution in [3.05, 3.63) is 48.0 Å². The molecule has 3 aromatic rings. The van der Waals surface area contributed by atoms with E-state index in [9.17, 15) is 0 Å². The highest BCUT2D eigenvalue weighted by Gasteiger charge is 2.04. The van der Waals surface area contributed by atoms with Gasteiger partial charge in [0.1, 0.15) is 5.75 Å². The number of nitrogens with zero attached hydrogens (tertiary/aromatic N) is 1. The number of aryl methyl sites for hydroxylation is 1. The smallest absolute Gasteiger partial charge is 0.205 e. The molecule has 0 aliphatic heterocycles. The van der Waals surface area contributed by atoms with Crippen molar-refractivity contribution >= 4 is 22.7 Å². The van der Waals surface area contributed by atoms with E-state index in [0.29, 0.717) is 0 Å². The Hall–Kier alpha value is -2.49. The molecule has 0 saturated heterocycles. The molecule has 0 saturated carbocycles. The molecule has 0 spiro atoms. The van der Waals surface area contributed by atoms with E-state index in [1.807, 2.05) is 44.2 Å². The van der Waals surface area contributed by atoms with Crippen molar-refractivity contribution < 1.29 is 4.74 Å². The van der Waals surface area contributed by atoms with Crippen molar-refractivity contribution in [2.75, 3.05) is 5.32 Å². The first kappa shape index (κ1) is 13.5. The molecule has 0 bridgehead atoms. The molecule has 0 atom stereocenters. The standard InChI is InChI=1S/C17H19N3O/c1-11(2)21-14-7-5-13(6-8-14)18-17-19-15-9-4-12(3)10-16(15)20-17/h4-11H,1-3H3,(H2,18,19,20). The van der Waals surface area contributed by atoms with E-state index in [1.54, 1.807) is 0 Å². The SMILES string of the molecule is Cc1ccc2nc(Nc3ccc(OC(C)C)cc3)[nH]c2c1. The van der Waals surface area contributed by atoms with Gasteiger partial charge in [-0.3, -0.25) is 0 Å². The zero-order chi connectivity index (χ0) is 14.8. The average Bonchev–Trinajstić information content (AvgIpc) is 2.82. The number of imidazole rings is 1. The maximum absolute atomic E-state index is 5.63. The van der Waals surface area contributed by atoms with Crippen LogP contribution in [-0.2, 0) is 0 Å². The van der Waals surface area contributed by atoms with Crippen LogP contribution >= 0.6 is 0 Å². The van der Waals surface area contributed by atoms with Gasteiger partial charge >= 0.3 is 0 Å². The molecule has 0 fully saturated rings. The van der Waals surface area contributed by atoms with Gasteiger partial charge in [-0.15, -0.1) is 0 Å². The minimum absolute atomic E-state index is 0.183. The predicted molar refractivity (Wildman–Crippen MR) is 86.3 cm³/mol. The largest absolute Gasteiger partial charge is 0.491 e. The Morgan fingerprint density at radius 1 is 1.10 bits per heavy atom. The third-order valence-corrected chi connectivity index (χ3v) is 3.13. The molecule has 2 N–H and O–H groups in total. The van der Waals surface area contributed by atoms with Gasteiger partial charge in [0.15, 0.2) is 0 Å². The molecule has 0 unspecified atom stereocenters. The van der Waals surface area contributed by atoms with Crippen LogP contribution in [0.3, 0.4) is 0 Å². The number of fused-ring (bicyclic) bond motifs is 1. The molecule has 1 heterocycles. The van der Waals surface area contributed by atoms with Gasteiger partial charge < -0.3 is 15.0 Å². The topological polar surface area (TPSA) is 49.9 Å². The van der Waals surface area contributed by atoms with E-state index in [-0.39, 0.29) is 6.10 Å². The number of aromatic nitrogens is 2. The molecule has 1 aromatic heterocycles. The summed E-state index contributed by atoms with van der Waals surface area (Å²) < 4.78 is 5.63. The second-order valence-corrected chi connectivity index (χ2v) is 5.42. The number of nitrogens with one attached hydrogen (secondary N) is 2. The first-order valence-corrected chi connectivity index (χ1v) is 7.10. The Balaban J connectivity index is 1.78. The van der Waals surface area contributed by atoms with Crippen LogP contribution in [0.5, 0.6) is 5.75 Å². The molecule has 0 radical (unpaired) electrons. The van der Waals surface area contributed by atoms with Crippen molar-refractivity contribution in [3.63, 3.8) is 0 Å². The maximum atomic E-state index is 5.63. The molecule has 4 heteroatoms. The highest BCUT2D eigenvalue weighted by molar-refractivity contribution is 5.79. The number of benzene rings is 2. The van der Waals surface area contributed by atoms with Gasteiger partial charge in [-0.05, 0) is 62.7 Å². The molecular formula is C17H19N3O. The van der Waals surface area contributed by atoms with Gasteiger partial charge in [0.05, 0.1) is 17.1 Å². The average molecular weight is 281 g/mol. The van der Waals surface area contributed by atoms with Crippen LogP contribution in [0.4, 0.5) is 11.6 Å². The number of hydrogen-bond acceptors (Lipinski definition) is 3. The second-order valence-electron chi connectivity index (χ2n) is 5.42. The lowest BCUT2D eigenvalue weighted by atomic mass is 10.2. The van der Waals surface area contributed by atoms with Crippen LogP contribution < -0.4 is 10.1 Å². The van der Waals surface area contributed by atoms with E-state index < -0.39 is 0 Å². The molecule has 0 aliphatic rings. The van der Waals surface area contributed by atoms with Crippen molar-refractivity contribution in [2.45, 2.75) is 26.9 Å². The molecule has 3 rings (SSSR count). The van der Waals surface area contributed by atoms with E-state index in [0.717, 1.165) is 28.4 Å². The Morgan fingerprint density at radius 3 is 2.57 bits per heavy atom. The Kier molecular flexibility index (Phi) is 3.52. The molecule has 4 nitrogen and oxygen atoms in total. The quantitative estimate of drug-likeness (QED) is 0.745. The van der Waals surface area contributed by atoms with Crippen molar-refractivity contribution in [3.8, 4) is 5.75 Å². The van der Waals surface area contributed by atoms with E-state index in [4.69, 9.17) is 4.74 Å². The first-order chi connectivity index (χ1) is 10.1. The van der Waals surface area contributed by atoms with E-state index >= 15 is 0 Å². The van der Waals surface area contributed by atoms with Crippen LogP contribution in [-0.4, -0.2) is 16.1 Å². The van der Waals surface area contributed by atoms with Crippen molar-refractivity contribution in [1.82, 2.24) is 9.97 Å². The fourth-order valence-electron chi connectivity index (χ4n) is 2.21. The van der Waals surface area contributed by atoms with Crippen LogP contribution in [0.15, 0.2) is 42.5 Å². The van der Waals surface area contributed by atoms with Gasteiger partial charge in [0.25, 0.3) is 0 Å². The summed E-state index contributed by atoms with van der Waals surface area (Å²) in [4.78, 5) is 7.80. The summed E-state index contributed by atoms with van der Waals surface area (Å²) in [6, 6.07) is 14.0. The van der Waals surface area contributed by atoms with Crippen LogP contribution in [0.2, 0.25) is 0 Å². The fourth-order valence-corrected chi connectivity index (χ4v) is 2.21. The number of ether oxygens (including phenoxy) is 1. The third-order valence-electron chi connectivity index (χ3n) is 3.13. The Bertz CT molecular complexity index is 744. The molecule has 108 valence electrons. The summed E-state index contributed by atoms with van der Waals surface area (Å²) in [6.07, 6.45) is 0.183. The normalized spacial score (nSPS) is 11.0. The maximum Gasteiger partial charge on any atom is 0.205 e. The lowest BCUT2D eigenvalue weighted by Crippen LogP contribution is -2.05. The Morgan fingerprint density at radius 2 is 1.86 bits per heavy atom. The van der Waals surface area contributed by atoms with E-state index in [1.165, 1.54) is 5.56 Å². The number of rotatable bonds is 4. The summed E-state index contributed by atoms with van der Waals surface area (Å²) >= 11 is 0. The zero-order valence-electron chi connectivity index (χ0n) is 12.5. The summed E-state index contributed by atoms with van der Waals surface area (Å²) in [5, 5.41) is 3.27. The number of H-pyrrole nitrogens is 1. The summed E-state index contributed by atoms with van der Waals surface area (Å²) in [5.41, 5.74) is 4.19. The third kappa shape index (κ3) is 3.16. The van der Waals surface area contributed by atoms with Gasteiger partial charge in [-0.25, -0.2) is 4.98 Å². The number of aromatic amines is 1. The van der Waals surface area contributed by atoms with Crippen molar-refractivity contribution in [2.24, 2.45) is 0 Å². The summed E-state index contributed by atoms with van der Waals surface area (Å²) in [6.45, 7) is 6.10. The molecule has 21 heavy (non-hydrogen) atoms. The first-order valence-electron chi connectivity index (χ1n) is 7.10. The minimum Gasteiger partial charge on any atom is -0.491 e. The minimum atomic E-state index is 0.183. The molecule has 0 amide bonds. The van der Waals surface area contributed by atoms with Crippen molar-refractivity contribution in [1.29, 1.82) is 0 Å². The molecule has 0 aliphatic carbocycles. The monoisotopic (exact) mass is 281 g/mol. The van der Waals surface area contributed by atoms with Gasteiger partial charge in [0.2, 0.25) is 5.95 Å². The lowest BCUT2D eigenvalue weighted by molar-refractivity contribution is 0.242. The van der Waals surface area contributed by atoms with Crippen LogP contribution in [0, 0.1) is 6.92 Å². The number of hydrogen-bond donors (Lipinski definition) is 2. The Labute approximate surface area is 124 Å². The van der Waals surface area contributed by atoms with Gasteiger partial charge in [-0.2, -0.15) is 0 Å². The van der Waals surface area contributed by atoms with Gasteiger partial charge in [-0.1, -0.05) is 6.07 Å².